The molecule has 1 aromatic carbocycles. The standard InChI is InChI=1S/C21H16N2O4/c1-2-27-21(26)19(25)12-18(24)20-17(11-16-5-3-4-10-23(16)20)15-8-6-14(13-22)7-9-15/h3-11H,2,12H2,1H3. The molecule has 0 aliphatic rings. The van der Waals surface area contributed by atoms with Gasteiger partial charge in [-0.3, -0.25) is 9.59 Å². The van der Waals surface area contributed by atoms with Crippen LogP contribution in [0.3, 0.4) is 0 Å². The van der Waals surface area contributed by atoms with Gasteiger partial charge in [0.25, 0.3) is 0 Å². The summed E-state index contributed by atoms with van der Waals surface area (Å²) in [5.74, 6) is -2.36. The molecule has 0 aliphatic carbocycles. The molecular formula is C21H16N2O4. The Morgan fingerprint density at radius 2 is 1.85 bits per heavy atom. The Morgan fingerprint density at radius 3 is 2.52 bits per heavy atom. The predicted octanol–water partition coefficient (Wildman–Crippen LogP) is 3.18. The number of fused-ring (bicyclic) bond motifs is 1. The Balaban J connectivity index is 2.05. The van der Waals surface area contributed by atoms with Gasteiger partial charge in [0, 0.05) is 17.3 Å². The van der Waals surface area contributed by atoms with E-state index in [1.165, 1.54) is 0 Å². The zero-order chi connectivity index (χ0) is 19.4. The number of rotatable bonds is 6. The molecule has 0 N–H and O–H groups in total. The van der Waals surface area contributed by atoms with Crippen LogP contribution in [-0.4, -0.2) is 28.5 Å². The minimum absolute atomic E-state index is 0.0727. The van der Waals surface area contributed by atoms with Gasteiger partial charge in [0.05, 0.1) is 30.4 Å². The molecule has 0 aliphatic heterocycles. The molecule has 0 fully saturated rings. The van der Waals surface area contributed by atoms with Crippen LogP contribution in [0.1, 0.15) is 29.4 Å². The maximum Gasteiger partial charge on any atom is 0.375 e. The fraction of sp³-hybridized carbons (Fsp3) is 0.143. The van der Waals surface area contributed by atoms with E-state index < -0.39 is 24.0 Å². The SMILES string of the molecule is CCOC(=O)C(=O)CC(=O)c1c(-c2ccc(C#N)cc2)cc2ccccn12. The number of hydrogen-bond donors (Lipinski definition) is 0. The highest BCUT2D eigenvalue weighted by Gasteiger charge is 2.24. The smallest absolute Gasteiger partial charge is 0.375 e. The third-order valence-electron chi connectivity index (χ3n) is 4.09. The van der Waals surface area contributed by atoms with Crippen molar-refractivity contribution in [2.75, 3.05) is 6.61 Å². The highest BCUT2D eigenvalue weighted by molar-refractivity contribution is 6.38. The van der Waals surface area contributed by atoms with Crippen LogP contribution < -0.4 is 0 Å². The van der Waals surface area contributed by atoms with Crippen LogP contribution in [0.15, 0.2) is 54.7 Å². The summed E-state index contributed by atoms with van der Waals surface area (Å²) < 4.78 is 6.36. The fourth-order valence-electron chi connectivity index (χ4n) is 2.87. The summed E-state index contributed by atoms with van der Waals surface area (Å²) in [5.41, 5.74) is 2.97. The lowest BCUT2D eigenvalue weighted by Crippen LogP contribution is -2.21. The van der Waals surface area contributed by atoms with E-state index in [9.17, 15) is 14.4 Å². The average molecular weight is 360 g/mol. The Labute approximate surface area is 155 Å². The molecule has 3 rings (SSSR count). The van der Waals surface area contributed by atoms with Crippen molar-refractivity contribution < 1.29 is 19.1 Å². The van der Waals surface area contributed by atoms with Crippen molar-refractivity contribution in [1.82, 2.24) is 4.40 Å². The monoisotopic (exact) mass is 360 g/mol. The molecule has 0 amide bonds. The summed E-state index contributed by atoms with van der Waals surface area (Å²) in [4.78, 5) is 36.4. The van der Waals surface area contributed by atoms with Gasteiger partial charge in [-0.1, -0.05) is 18.2 Å². The van der Waals surface area contributed by atoms with E-state index in [4.69, 9.17) is 5.26 Å². The Bertz CT molecular complexity index is 1070. The number of ether oxygens (including phenoxy) is 1. The third kappa shape index (κ3) is 3.62. The molecule has 0 saturated carbocycles. The number of nitriles is 1. The van der Waals surface area contributed by atoms with E-state index in [2.05, 4.69) is 10.8 Å². The van der Waals surface area contributed by atoms with Crippen molar-refractivity contribution >= 4 is 23.1 Å². The Morgan fingerprint density at radius 1 is 1.11 bits per heavy atom. The highest BCUT2D eigenvalue weighted by atomic mass is 16.5. The number of carbonyl (C=O) groups is 3. The first-order valence-corrected chi connectivity index (χ1v) is 8.39. The number of pyridine rings is 1. The lowest BCUT2D eigenvalue weighted by atomic mass is 10.0. The fourth-order valence-corrected chi connectivity index (χ4v) is 2.87. The van der Waals surface area contributed by atoms with Gasteiger partial charge in [0.1, 0.15) is 0 Å². The van der Waals surface area contributed by atoms with E-state index in [0.29, 0.717) is 16.8 Å². The molecule has 0 spiro atoms. The van der Waals surface area contributed by atoms with Gasteiger partial charge in [-0.25, -0.2) is 4.79 Å². The summed E-state index contributed by atoms with van der Waals surface area (Å²) in [6.45, 7) is 1.67. The second-order valence-electron chi connectivity index (χ2n) is 5.83. The zero-order valence-corrected chi connectivity index (χ0v) is 14.6. The molecule has 2 heterocycles. The molecule has 0 saturated heterocycles. The molecular weight excluding hydrogens is 344 g/mol. The van der Waals surface area contributed by atoms with Crippen LogP contribution >= 0.6 is 0 Å². The summed E-state index contributed by atoms with van der Waals surface area (Å²) in [7, 11) is 0. The van der Waals surface area contributed by atoms with Gasteiger partial charge < -0.3 is 9.14 Å². The first kappa shape index (κ1) is 18.1. The summed E-state index contributed by atoms with van der Waals surface area (Å²) in [5, 5.41) is 8.96. The maximum atomic E-state index is 12.9. The number of esters is 1. The Hall–Kier alpha value is -3.72. The van der Waals surface area contributed by atoms with Gasteiger partial charge in [0.2, 0.25) is 5.78 Å². The number of Topliss-reactive ketones (excluding diaryl/α,β-unsaturated/α-hetero) is 2. The topological polar surface area (TPSA) is 88.6 Å². The molecule has 0 unspecified atom stereocenters. The molecule has 0 atom stereocenters. The second kappa shape index (κ2) is 7.67. The molecule has 3 aromatic rings. The molecule has 6 heteroatoms. The maximum absolute atomic E-state index is 12.9. The van der Waals surface area contributed by atoms with E-state index in [1.807, 2.05) is 18.2 Å². The molecule has 27 heavy (non-hydrogen) atoms. The molecule has 0 radical (unpaired) electrons. The summed E-state index contributed by atoms with van der Waals surface area (Å²) >= 11 is 0. The van der Waals surface area contributed by atoms with Crippen LogP contribution in [0.4, 0.5) is 0 Å². The number of ketones is 2. The summed E-state index contributed by atoms with van der Waals surface area (Å²) in [6, 6.07) is 16.2. The van der Waals surface area contributed by atoms with E-state index in [-0.39, 0.29) is 6.61 Å². The number of hydrogen-bond acceptors (Lipinski definition) is 5. The number of benzene rings is 1. The molecule has 134 valence electrons. The summed E-state index contributed by atoms with van der Waals surface area (Å²) in [6.07, 6.45) is 1.16. The van der Waals surface area contributed by atoms with Crippen LogP contribution in [0.2, 0.25) is 0 Å². The lowest BCUT2D eigenvalue weighted by Gasteiger charge is -2.06. The third-order valence-corrected chi connectivity index (χ3v) is 4.09. The van der Waals surface area contributed by atoms with E-state index >= 15 is 0 Å². The van der Waals surface area contributed by atoms with Crippen LogP contribution in [0.5, 0.6) is 0 Å². The number of carbonyl (C=O) groups excluding carboxylic acids is 3. The normalized spacial score (nSPS) is 10.4. The molecule has 2 aromatic heterocycles. The first-order valence-electron chi connectivity index (χ1n) is 8.39. The minimum Gasteiger partial charge on any atom is -0.460 e. The number of nitrogens with zero attached hydrogens (tertiary/aromatic N) is 2. The van der Waals surface area contributed by atoms with Crippen LogP contribution in [0, 0.1) is 11.3 Å². The first-order chi connectivity index (χ1) is 13.0. The lowest BCUT2D eigenvalue weighted by molar-refractivity contribution is -0.153. The minimum atomic E-state index is -1.01. The largest absolute Gasteiger partial charge is 0.460 e. The second-order valence-corrected chi connectivity index (χ2v) is 5.83. The average Bonchev–Trinajstić information content (AvgIpc) is 3.07. The Kier molecular flexibility index (Phi) is 5.13. The van der Waals surface area contributed by atoms with Crippen molar-refractivity contribution in [3.05, 3.63) is 66.0 Å². The van der Waals surface area contributed by atoms with E-state index in [0.717, 1.165) is 11.1 Å². The van der Waals surface area contributed by atoms with Gasteiger partial charge in [-0.15, -0.1) is 0 Å². The predicted molar refractivity (Wildman–Crippen MR) is 98.1 cm³/mol. The van der Waals surface area contributed by atoms with Crippen molar-refractivity contribution in [2.24, 2.45) is 0 Å². The molecule has 6 nitrogen and oxygen atoms in total. The highest BCUT2D eigenvalue weighted by Crippen LogP contribution is 2.29. The van der Waals surface area contributed by atoms with Crippen molar-refractivity contribution in [2.45, 2.75) is 13.3 Å². The van der Waals surface area contributed by atoms with Crippen LogP contribution in [-0.2, 0) is 14.3 Å². The van der Waals surface area contributed by atoms with Crippen LogP contribution in [0.25, 0.3) is 16.6 Å². The van der Waals surface area contributed by atoms with Crippen molar-refractivity contribution in [3.8, 4) is 17.2 Å². The van der Waals surface area contributed by atoms with Gasteiger partial charge >= 0.3 is 5.97 Å². The zero-order valence-electron chi connectivity index (χ0n) is 14.6. The van der Waals surface area contributed by atoms with Gasteiger partial charge in [-0.2, -0.15) is 5.26 Å². The van der Waals surface area contributed by atoms with Crippen molar-refractivity contribution in [1.29, 1.82) is 5.26 Å². The van der Waals surface area contributed by atoms with Crippen molar-refractivity contribution in [3.63, 3.8) is 0 Å². The van der Waals surface area contributed by atoms with E-state index in [1.54, 1.807) is 47.9 Å². The number of aromatic nitrogens is 1. The quantitative estimate of drug-likeness (QED) is 0.291. The van der Waals surface area contributed by atoms with Gasteiger partial charge in [-0.05, 0) is 42.8 Å². The molecule has 0 bridgehead atoms. The van der Waals surface area contributed by atoms with Gasteiger partial charge in [0.15, 0.2) is 5.78 Å².